The monoisotopic (exact) mass is 239 g/mol. The molecule has 0 aromatic heterocycles. The Bertz CT molecular complexity index is 280. The first-order valence-corrected chi connectivity index (χ1v) is 6.70. The lowest BCUT2D eigenvalue weighted by molar-refractivity contribution is -0.131. The molecule has 1 aliphatic carbocycles. The van der Waals surface area contributed by atoms with E-state index in [9.17, 15) is 4.79 Å². The lowest BCUT2D eigenvalue weighted by atomic mass is 9.75. The molecular formula is C13H21NOS. The number of carbonyl (C=O) groups is 1. The quantitative estimate of drug-likeness (QED) is 0.796. The third kappa shape index (κ3) is 3.71. The molecule has 0 bridgehead atoms. The van der Waals surface area contributed by atoms with Gasteiger partial charge in [-0.1, -0.05) is 39.3 Å². The first-order valence-electron chi connectivity index (χ1n) is 5.82. The van der Waals surface area contributed by atoms with Crippen molar-refractivity contribution in [2.75, 3.05) is 6.54 Å². The van der Waals surface area contributed by atoms with E-state index in [1.165, 1.54) is 31.0 Å². The van der Waals surface area contributed by atoms with E-state index < -0.39 is 0 Å². The molecular weight excluding hydrogens is 218 g/mol. The van der Waals surface area contributed by atoms with Crippen LogP contribution in [0, 0.1) is 5.41 Å². The van der Waals surface area contributed by atoms with E-state index >= 15 is 0 Å². The molecule has 0 aromatic carbocycles. The molecule has 0 radical (unpaired) electrons. The van der Waals surface area contributed by atoms with Crippen LogP contribution in [0.4, 0.5) is 0 Å². The zero-order valence-corrected chi connectivity index (χ0v) is 10.9. The van der Waals surface area contributed by atoms with Crippen molar-refractivity contribution in [1.29, 1.82) is 0 Å². The molecule has 3 heteroatoms. The molecule has 0 unspecified atom stereocenters. The van der Waals surface area contributed by atoms with E-state index in [4.69, 9.17) is 0 Å². The zero-order chi connectivity index (χ0) is 12.0. The van der Waals surface area contributed by atoms with E-state index in [0.29, 0.717) is 6.54 Å². The number of hydrogen-bond acceptors (Lipinski definition) is 2. The van der Waals surface area contributed by atoms with Crippen LogP contribution in [-0.4, -0.2) is 12.5 Å². The summed E-state index contributed by atoms with van der Waals surface area (Å²) in [7, 11) is 0. The minimum Gasteiger partial charge on any atom is -0.351 e. The molecule has 1 rings (SSSR count). The fraction of sp³-hybridized carbons (Fsp3) is 0.615. The first-order chi connectivity index (χ1) is 7.58. The summed E-state index contributed by atoms with van der Waals surface area (Å²) in [4.78, 5) is 13.0. The van der Waals surface area contributed by atoms with Gasteiger partial charge in [0.25, 0.3) is 0 Å². The molecule has 1 N–H and O–H groups in total. The number of carbonyl (C=O) groups excluding carboxylic acids is 1. The summed E-state index contributed by atoms with van der Waals surface area (Å²) in [6, 6.07) is 0. The van der Waals surface area contributed by atoms with Gasteiger partial charge in [-0.05, 0) is 18.2 Å². The largest absolute Gasteiger partial charge is 0.351 e. The normalized spacial score (nSPS) is 18.8. The zero-order valence-electron chi connectivity index (χ0n) is 10.1. The maximum Gasteiger partial charge on any atom is 0.226 e. The van der Waals surface area contributed by atoms with Gasteiger partial charge in [0.05, 0.1) is 0 Å². The standard InChI is InChI=1S/C13H21NOS/c1-4-16-11(2)10-14-12(15)13(3)8-6-5-7-9-13/h4H,1-2,5-10H2,3H3,(H,14,15). The van der Waals surface area contributed by atoms with Crippen LogP contribution in [0.15, 0.2) is 23.5 Å². The van der Waals surface area contributed by atoms with Crippen LogP contribution in [0.1, 0.15) is 39.0 Å². The van der Waals surface area contributed by atoms with Crippen LogP contribution >= 0.6 is 11.8 Å². The van der Waals surface area contributed by atoms with Gasteiger partial charge in [0.1, 0.15) is 0 Å². The summed E-state index contributed by atoms with van der Waals surface area (Å²) in [6.45, 7) is 10.1. The number of thioether (sulfide) groups is 1. The van der Waals surface area contributed by atoms with Crippen LogP contribution in [-0.2, 0) is 4.79 Å². The van der Waals surface area contributed by atoms with Gasteiger partial charge in [0.2, 0.25) is 5.91 Å². The summed E-state index contributed by atoms with van der Waals surface area (Å²) in [5.74, 6) is 0.179. The highest BCUT2D eigenvalue weighted by Gasteiger charge is 2.34. The SMILES string of the molecule is C=CSC(=C)CNC(=O)C1(C)CCCCC1. The van der Waals surface area contributed by atoms with Gasteiger partial charge >= 0.3 is 0 Å². The molecule has 0 saturated heterocycles. The van der Waals surface area contributed by atoms with Crippen molar-refractivity contribution >= 4 is 17.7 Å². The van der Waals surface area contributed by atoms with Crippen LogP contribution in [0.5, 0.6) is 0 Å². The molecule has 0 heterocycles. The highest BCUT2D eigenvalue weighted by atomic mass is 32.2. The fourth-order valence-corrected chi connectivity index (χ4v) is 2.50. The molecule has 0 aliphatic heterocycles. The van der Waals surface area contributed by atoms with Crippen LogP contribution in [0.3, 0.4) is 0 Å². The Morgan fingerprint density at radius 1 is 1.44 bits per heavy atom. The van der Waals surface area contributed by atoms with E-state index in [-0.39, 0.29) is 11.3 Å². The van der Waals surface area contributed by atoms with Crippen molar-refractivity contribution in [1.82, 2.24) is 5.32 Å². The summed E-state index contributed by atoms with van der Waals surface area (Å²) in [5.41, 5.74) is -0.155. The van der Waals surface area contributed by atoms with E-state index in [1.54, 1.807) is 5.41 Å². The lowest BCUT2D eigenvalue weighted by Crippen LogP contribution is -2.40. The number of amides is 1. The van der Waals surface area contributed by atoms with Gasteiger partial charge in [-0.2, -0.15) is 0 Å². The van der Waals surface area contributed by atoms with E-state index in [2.05, 4.69) is 25.4 Å². The summed E-state index contributed by atoms with van der Waals surface area (Å²) >= 11 is 1.47. The average Bonchev–Trinajstić information content (AvgIpc) is 2.27. The van der Waals surface area contributed by atoms with Crippen molar-refractivity contribution in [3.05, 3.63) is 23.5 Å². The molecule has 0 aromatic rings. The summed E-state index contributed by atoms with van der Waals surface area (Å²) in [5, 5.41) is 4.70. The van der Waals surface area contributed by atoms with E-state index in [0.717, 1.165) is 17.7 Å². The molecule has 1 saturated carbocycles. The van der Waals surface area contributed by atoms with Crippen LogP contribution in [0.2, 0.25) is 0 Å². The predicted molar refractivity (Wildman–Crippen MR) is 71.1 cm³/mol. The molecule has 1 fully saturated rings. The molecule has 1 aliphatic rings. The van der Waals surface area contributed by atoms with Crippen molar-refractivity contribution in [3.8, 4) is 0 Å². The third-order valence-electron chi connectivity index (χ3n) is 3.20. The summed E-state index contributed by atoms with van der Waals surface area (Å²) < 4.78 is 0. The van der Waals surface area contributed by atoms with E-state index in [1.807, 2.05) is 0 Å². The van der Waals surface area contributed by atoms with Gasteiger partial charge in [0, 0.05) is 16.9 Å². The smallest absolute Gasteiger partial charge is 0.226 e. The second-order valence-corrected chi connectivity index (χ2v) is 5.77. The Kier molecular flexibility index (Phi) is 5.13. The van der Waals surface area contributed by atoms with Gasteiger partial charge in [-0.3, -0.25) is 4.79 Å². The number of nitrogens with one attached hydrogen (secondary N) is 1. The maximum absolute atomic E-state index is 12.0. The Balaban J connectivity index is 2.38. The van der Waals surface area contributed by atoms with Crippen molar-refractivity contribution in [3.63, 3.8) is 0 Å². The Labute approximate surface area is 103 Å². The molecule has 0 spiro atoms. The fourth-order valence-electron chi connectivity index (χ4n) is 2.11. The Hall–Kier alpha value is -0.700. The number of hydrogen-bond donors (Lipinski definition) is 1. The van der Waals surface area contributed by atoms with Crippen LogP contribution in [0.25, 0.3) is 0 Å². The highest BCUT2D eigenvalue weighted by Crippen LogP contribution is 2.35. The molecule has 0 atom stereocenters. The second kappa shape index (κ2) is 6.14. The van der Waals surface area contributed by atoms with Gasteiger partial charge in [0.15, 0.2) is 0 Å². The third-order valence-corrected chi connectivity index (χ3v) is 3.85. The number of rotatable bonds is 5. The average molecular weight is 239 g/mol. The second-order valence-electron chi connectivity index (χ2n) is 4.63. The highest BCUT2D eigenvalue weighted by molar-refractivity contribution is 8.05. The predicted octanol–water partition coefficient (Wildman–Crippen LogP) is 3.46. The molecule has 16 heavy (non-hydrogen) atoms. The Morgan fingerprint density at radius 3 is 2.62 bits per heavy atom. The van der Waals surface area contributed by atoms with Crippen molar-refractivity contribution < 1.29 is 4.79 Å². The Morgan fingerprint density at radius 2 is 2.06 bits per heavy atom. The van der Waals surface area contributed by atoms with Gasteiger partial charge < -0.3 is 5.32 Å². The molecule has 2 nitrogen and oxygen atoms in total. The maximum atomic E-state index is 12.0. The topological polar surface area (TPSA) is 29.1 Å². The summed E-state index contributed by atoms with van der Waals surface area (Å²) in [6.07, 6.45) is 5.64. The molecule has 90 valence electrons. The van der Waals surface area contributed by atoms with Gasteiger partial charge in [-0.15, -0.1) is 11.8 Å². The minimum atomic E-state index is -0.155. The molecule has 1 amide bonds. The van der Waals surface area contributed by atoms with Gasteiger partial charge in [-0.25, -0.2) is 0 Å². The van der Waals surface area contributed by atoms with Crippen molar-refractivity contribution in [2.24, 2.45) is 5.41 Å². The minimum absolute atomic E-state index is 0.155. The first kappa shape index (κ1) is 13.4. The van der Waals surface area contributed by atoms with Crippen molar-refractivity contribution in [2.45, 2.75) is 39.0 Å². The lowest BCUT2D eigenvalue weighted by Gasteiger charge is -2.32. The van der Waals surface area contributed by atoms with Crippen LogP contribution < -0.4 is 5.32 Å².